The second kappa shape index (κ2) is 33.9. The van der Waals surface area contributed by atoms with Gasteiger partial charge in [-0.2, -0.15) is 0 Å². The third-order valence-electron chi connectivity index (χ3n) is 16.6. The fourth-order valence-corrected chi connectivity index (χ4v) is 11.7. The molecule has 6 unspecified atom stereocenters. The molecule has 0 amide bonds. The number of fused-ring (bicyclic) bond motifs is 2. The zero-order valence-corrected chi connectivity index (χ0v) is 46.3. The van der Waals surface area contributed by atoms with Gasteiger partial charge in [0.1, 0.15) is 0 Å². The second-order valence-corrected chi connectivity index (χ2v) is 24.0. The molecule has 0 N–H and O–H groups in total. The summed E-state index contributed by atoms with van der Waals surface area (Å²) >= 11 is 0. The van der Waals surface area contributed by atoms with Crippen LogP contribution in [0.5, 0.6) is 0 Å². The molecule has 0 radical (unpaired) electrons. The first-order valence-corrected chi connectivity index (χ1v) is 27.2. The third kappa shape index (κ3) is 23.7. The molecule has 0 bridgehead atoms. The molecule has 8 rings (SSSR count). The summed E-state index contributed by atoms with van der Waals surface area (Å²) in [5, 5.41) is 0. The van der Waals surface area contributed by atoms with Crippen LogP contribution < -0.4 is 0 Å². The van der Waals surface area contributed by atoms with Gasteiger partial charge in [-0.25, -0.2) is 0 Å². The molecule has 7 fully saturated rings. The van der Waals surface area contributed by atoms with E-state index >= 15 is 0 Å². The molecule has 0 aromatic rings. The van der Waals surface area contributed by atoms with Crippen molar-refractivity contribution in [1.29, 1.82) is 0 Å². The fourth-order valence-electron chi connectivity index (χ4n) is 11.7. The van der Waals surface area contributed by atoms with E-state index in [0.717, 1.165) is 71.6 Å². The lowest BCUT2D eigenvalue weighted by molar-refractivity contribution is 0.126. The molecule has 402 valence electrons. The number of likely N-dealkylation sites (N-methyl/N-ethyl adjacent to an activating group) is 4. The van der Waals surface area contributed by atoms with Crippen molar-refractivity contribution in [3.05, 3.63) is 11.6 Å². The summed E-state index contributed by atoms with van der Waals surface area (Å²) < 4.78 is 0. The molecule has 9 nitrogen and oxygen atoms in total. The average Bonchev–Trinajstić information content (AvgIpc) is 4.04. The molecule has 0 aromatic carbocycles. The summed E-state index contributed by atoms with van der Waals surface area (Å²) in [5.41, 5.74) is 1.61. The monoisotopic (exact) mass is 948 g/mol. The minimum atomic E-state index is 0. The Balaban J connectivity index is 0.000000777. The van der Waals surface area contributed by atoms with Crippen molar-refractivity contribution in [2.45, 2.75) is 181 Å². The first-order chi connectivity index (χ1) is 30.2. The highest BCUT2D eigenvalue weighted by Crippen LogP contribution is 2.32. The Morgan fingerprint density at radius 3 is 1.42 bits per heavy atom. The summed E-state index contributed by atoms with van der Waals surface area (Å²) in [4.78, 5) is 22.5. The van der Waals surface area contributed by atoms with Crippen LogP contribution in [0.15, 0.2) is 11.6 Å². The molecule has 6 atom stereocenters. The van der Waals surface area contributed by atoms with E-state index in [1.165, 1.54) is 150 Å². The Morgan fingerprint density at radius 2 is 0.970 bits per heavy atom. The minimum absolute atomic E-state index is 0. The van der Waals surface area contributed by atoms with E-state index in [1.54, 1.807) is 5.57 Å². The number of hydrogen-bond donors (Lipinski definition) is 0. The van der Waals surface area contributed by atoms with Crippen LogP contribution in [0.2, 0.25) is 0 Å². The number of hydrogen-bond acceptors (Lipinski definition) is 9. The predicted octanol–water partition coefficient (Wildman–Crippen LogP) is 10.5. The average molecular weight is 949 g/mol. The first kappa shape index (κ1) is 66.4. The summed E-state index contributed by atoms with van der Waals surface area (Å²) in [6.45, 7) is 48.2. The largest absolute Gasteiger partial charge is 0.306 e. The molecule has 7 saturated heterocycles. The van der Waals surface area contributed by atoms with Gasteiger partial charge in [-0.15, -0.1) is 0 Å². The third-order valence-corrected chi connectivity index (χ3v) is 16.6. The predicted molar refractivity (Wildman–Crippen MR) is 302 cm³/mol. The van der Waals surface area contributed by atoms with Crippen LogP contribution >= 0.6 is 0 Å². The fraction of sp³-hybridized carbons (Fsp3) is 0.966. The van der Waals surface area contributed by atoms with Crippen LogP contribution in [0.3, 0.4) is 0 Å². The van der Waals surface area contributed by atoms with Crippen LogP contribution in [0.4, 0.5) is 0 Å². The standard InChI is InChI=1S/C11H22N2.C10H20N2.C9H19N.C9H17N.C8H18N2.C8H17N.3CH4/c1-9(2)13-7-10-5-4-6-12(3)11(10)8-13;1-8(2)12-5-4-9-6-11(3)7-10(9)12;2*1-8(2)9-5-4-6-10(3)7-9;1-8(2)10-6-4-9(3)5-7-10;1-7(2)8-4-5-9(3)6-8;;;/h9-11H,4-8H2,1-3H3;8-10H,4-7H2,1-3H3;8-9H,4-7H2,1-3H3;5,8H,4,6-7H2,1-3H3;8H,4-7H2,1-3H3;7-8H,4-6H2,1-3H3;3*1H4. The highest BCUT2D eigenvalue weighted by atomic mass is 15.3. The number of likely N-dealkylation sites (tertiary alicyclic amines) is 6. The zero-order chi connectivity index (χ0) is 47.7. The molecule has 9 heteroatoms. The van der Waals surface area contributed by atoms with Gasteiger partial charge in [0.15, 0.2) is 0 Å². The first-order valence-electron chi connectivity index (χ1n) is 27.2. The van der Waals surface area contributed by atoms with Crippen LogP contribution in [0.25, 0.3) is 0 Å². The Morgan fingerprint density at radius 1 is 0.418 bits per heavy atom. The van der Waals surface area contributed by atoms with Gasteiger partial charge in [0, 0.05) is 109 Å². The summed E-state index contributed by atoms with van der Waals surface area (Å²) in [7, 11) is 13.4. The summed E-state index contributed by atoms with van der Waals surface area (Å²) in [6.07, 6.45) is 12.2. The summed E-state index contributed by atoms with van der Waals surface area (Å²) in [5.74, 6) is 6.35. The van der Waals surface area contributed by atoms with Crippen molar-refractivity contribution in [2.75, 3.05) is 147 Å². The van der Waals surface area contributed by atoms with Gasteiger partial charge in [-0.05, 0) is 196 Å². The van der Waals surface area contributed by atoms with Crippen molar-refractivity contribution < 1.29 is 0 Å². The number of piperidine rings is 2. The minimum Gasteiger partial charge on any atom is -0.306 e. The molecule has 8 aliphatic heterocycles. The maximum absolute atomic E-state index is 2.67. The topological polar surface area (TPSA) is 29.2 Å². The Bertz CT molecular complexity index is 1240. The van der Waals surface area contributed by atoms with E-state index in [2.05, 4.69) is 176 Å². The molecule has 0 aliphatic carbocycles. The molecular weight excluding hydrogens is 823 g/mol. The van der Waals surface area contributed by atoms with Crippen LogP contribution in [-0.4, -0.2) is 221 Å². The van der Waals surface area contributed by atoms with Gasteiger partial charge in [-0.1, -0.05) is 75.5 Å². The Hall–Kier alpha value is -0.620. The molecular formula is C58H125N9. The Kier molecular flexibility index (Phi) is 33.6. The SMILES string of the molecule is C.C.C.CC(C)C1=CCCN(C)C1.CC(C)C1CCCN(C)C1.CC(C)C1CCN(C)C1.CC(C)N1CC2CCCN(C)C2C1.CC(C)N1CCC2CN(C)CC21.CC(C)N1CCN(C)CC1. The highest BCUT2D eigenvalue weighted by Gasteiger charge is 2.41. The van der Waals surface area contributed by atoms with E-state index < -0.39 is 0 Å². The van der Waals surface area contributed by atoms with Crippen molar-refractivity contribution in [1.82, 2.24) is 44.1 Å². The normalized spacial score (nSPS) is 29.2. The molecule has 0 spiro atoms. The molecule has 8 heterocycles. The summed E-state index contributed by atoms with van der Waals surface area (Å²) in [6, 6.07) is 3.94. The van der Waals surface area contributed by atoms with Gasteiger partial charge in [0.2, 0.25) is 0 Å². The lowest BCUT2D eigenvalue weighted by Crippen LogP contribution is -2.47. The molecule has 8 aliphatic rings. The quantitative estimate of drug-likeness (QED) is 0.242. The molecule has 0 saturated carbocycles. The van der Waals surface area contributed by atoms with Crippen molar-refractivity contribution in [2.24, 2.45) is 41.4 Å². The number of rotatable bonds is 6. The van der Waals surface area contributed by atoms with Gasteiger partial charge in [-0.3, -0.25) is 14.7 Å². The molecule has 67 heavy (non-hydrogen) atoms. The van der Waals surface area contributed by atoms with Crippen LogP contribution in [0, 0.1) is 41.4 Å². The lowest BCUT2D eigenvalue weighted by Gasteiger charge is -2.34. The highest BCUT2D eigenvalue weighted by molar-refractivity contribution is 5.09. The van der Waals surface area contributed by atoms with Gasteiger partial charge < -0.3 is 29.4 Å². The van der Waals surface area contributed by atoms with Crippen LogP contribution in [0.1, 0.15) is 150 Å². The number of nitrogens with zero attached hydrogens (tertiary/aromatic N) is 9. The van der Waals surface area contributed by atoms with Crippen molar-refractivity contribution in [3.63, 3.8) is 0 Å². The smallest absolute Gasteiger partial charge is 0.0266 e. The van der Waals surface area contributed by atoms with Crippen LogP contribution in [-0.2, 0) is 0 Å². The van der Waals surface area contributed by atoms with E-state index in [-0.39, 0.29) is 22.3 Å². The van der Waals surface area contributed by atoms with Crippen molar-refractivity contribution >= 4 is 0 Å². The van der Waals surface area contributed by atoms with Crippen molar-refractivity contribution in [3.8, 4) is 0 Å². The lowest BCUT2D eigenvalue weighted by atomic mass is 9.88. The maximum Gasteiger partial charge on any atom is 0.0266 e. The van der Waals surface area contributed by atoms with Gasteiger partial charge in [0.25, 0.3) is 0 Å². The molecule has 0 aromatic heterocycles. The second-order valence-electron chi connectivity index (χ2n) is 24.0. The van der Waals surface area contributed by atoms with Gasteiger partial charge >= 0.3 is 0 Å². The van der Waals surface area contributed by atoms with E-state index in [4.69, 9.17) is 0 Å². The maximum atomic E-state index is 2.67. The van der Waals surface area contributed by atoms with E-state index in [1.807, 2.05) is 0 Å². The van der Waals surface area contributed by atoms with Gasteiger partial charge in [0.05, 0.1) is 0 Å². The zero-order valence-electron chi connectivity index (χ0n) is 46.3. The van der Waals surface area contributed by atoms with E-state index in [9.17, 15) is 0 Å². The van der Waals surface area contributed by atoms with E-state index in [0.29, 0.717) is 0 Å². The Labute approximate surface area is 423 Å². The number of piperazine rings is 1.